The van der Waals surface area contributed by atoms with E-state index in [1.807, 2.05) is 12.2 Å². The van der Waals surface area contributed by atoms with Crippen molar-refractivity contribution in [2.24, 2.45) is 5.92 Å². The number of rotatable bonds is 5. The minimum atomic E-state index is -0.392. The largest absolute Gasteiger partial charge is 0.269 e. The fourth-order valence-corrected chi connectivity index (χ4v) is 2.42. The van der Waals surface area contributed by atoms with Gasteiger partial charge in [0, 0.05) is 18.1 Å². The summed E-state index contributed by atoms with van der Waals surface area (Å²) in [5, 5.41) is 10.6. The zero-order valence-electron chi connectivity index (χ0n) is 13.1. The predicted molar refractivity (Wildman–Crippen MR) is 99.3 cm³/mol. The molecule has 24 heavy (non-hydrogen) atoms. The summed E-state index contributed by atoms with van der Waals surface area (Å²) in [6.07, 6.45) is 16.6. The molecule has 0 saturated heterocycles. The van der Waals surface area contributed by atoms with E-state index in [9.17, 15) is 10.1 Å². The molecule has 0 radical (unpaired) electrons. The van der Waals surface area contributed by atoms with Crippen LogP contribution >= 0.6 is 0 Å². The normalized spacial score (nSPS) is 14.2. The number of nitro groups is 1. The van der Waals surface area contributed by atoms with Crippen molar-refractivity contribution in [3.63, 3.8) is 0 Å². The Labute approximate surface area is 141 Å². The van der Waals surface area contributed by atoms with E-state index >= 15 is 0 Å². The number of benzene rings is 2. The van der Waals surface area contributed by atoms with Crippen LogP contribution in [-0.4, -0.2) is 4.92 Å². The van der Waals surface area contributed by atoms with Gasteiger partial charge in [-0.05, 0) is 28.8 Å². The number of hydrogen-bond donors (Lipinski definition) is 0. The van der Waals surface area contributed by atoms with Crippen LogP contribution in [0.1, 0.15) is 16.7 Å². The Hall–Kier alpha value is -3.20. The van der Waals surface area contributed by atoms with Crippen molar-refractivity contribution in [1.82, 2.24) is 0 Å². The second kappa shape index (κ2) is 7.38. The van der Waals surface area contributed by atoms with Gasteiger partial charge in [-0.1, -0.05) is 72.9 Å². The fourth-order valence-electron chi connectivity index (χ4n) is 2.42. The molecule has 0 spiro atoms. The van der Waals surface area contributed by atoms with Crippen LogP contribution in [0.25, 0.3) is 18.2 Å². The van der Waals surface area contributed by atoms with E-state index in [0.29, 0.717) is 5.92 Å². The number of non-ortho nitro benzene ring substituents is 1. The highest BCUT2D eigenvalue weighted by Crippen LogP contribution is 2.16. The van der Waals surface area contributed by atoms with Gasteiger partial charge in [0.2, 0.25) is 0 Å². The van der Waals surface area contributed by atoms with Gasteiger partial charge < -0.3 is 0 Å². The van der Waals surface area contributed by atoms with Crippen LogP contribution in [0.4, 0.5) is 5.69 Å². The quantitative estimate of drug-likeness (QED) is 0.414. The molecule has 0 aliphatic heterocycles. The molecular formula is C21H17NO2. The van der Waals surface area contributed by atoms with E-state index in [1.54, 1.807) is 12.1 Å². The minimum absolute atomic E-state index is 0.107. The van der Waals surface area contributed by atoms with E-state index in [2.05, 4.69) is 60.7 Å². The first-order chi connectivity index (χ1) is 11.7. The Morgan fingerprint density at radius 1 is 0.750 bits per heavy atom. The molecule has 3 rings (SSSR count). The van der Waals surface area contributed by atoms with Gasteiger partial charge in [-0.2, -0.15) is 0 Å². The molecule has 0 N–H and O–H groups in total. The van der Waals surface area contributed by atoms with Crippen molar-refractivity contribution in [2.75, 3.05) is 0 Å². The molecular weight excluding hydrogens is 298 g/mol. The molecule has 2 aromatic rings. The lowest BCUT2D eigenvalue weighted by Gasteiger charge is -1.99. The van der Waals surface area contributed by atoms with Crippen molar-refractivity contribution in [3.8, 4) is 0 Å². The summed E-state index contributed by atoms with van der Waals surface area (Å²) in [4.78, 5) is 10.2. The Morgan fingerprint density at radius 2 is 1.21 bits per heavy atom. The van der Waals surface area contributed by atoms with Crippen LogP contribution in [0.15, 0.2) is 78.9 Å². The first-order valence-corrected chi connectivity index (χ1v) is 7.76. The lowest BCUT2D eigenvalue weighted by Crippen LogP contribution is -1.86. The molecule has 0 fully saturated rings. The third-order valence-electron chi connectivity index (χ3n) is 3.80. The highest BCUT2D eigenvalue weighted by atomic mass is 16.6. The van der Waals surface area contributed by atoms with E-state index in [-0.39, 0.29) is 5.69 Å². The maximum Gasteiger partial charge on any atom is 0.269 e. The number of nitro benzene ring substituents is 1. The number of allylic oxidation sites excluding steroid dienone is 5. The summed E-state index contributed by atoms with van der Waals surface area (Å²) in [6, 6.07) is 14.8. The molecule has 3 nitrogen and oxygen atoms in total. The first-order valence-electron chi connectivity index (χ1n) is 7.76. The molecule has 0 atom stereocenters. The van der Waals surface area contributed by atoms with Gasteiger partial charge in [0.1, 0.15) is 0 Å². The lowest BCUT2D eigenvalue weighted by atomic mass is 10.1. The van der Waals surface area contributed by atoms with Gasteiger partial charge >= 0.3 is 0 Å². The van der Waals surface area contributed by atoms with Crippen molar-refractivity contribution in [1.29, 1.82) is 0 Å². The second-order valence-electron chi connectivity index (χ2n) is 5.55. The third kappa shape index (κ3) is 4.17. The van der Waals surface area contributed by atoms with Crippen LogP contribution in [0.2, 0.25) is 0 Å². The molecule has 0 unspecified atom stereocenters. The van der Waals surface area contributed by atoms with Crippen LogP contribution in [0.3, 0.4) is 0 Å². The summed E-state index contributed by atoms with van der Waals surface area (Å²) in [5.74, 6) is 0.395. The van der Waals surface area contributed by atoms with Gasteiger partial charge in [-0.3, -0.25) is 10.1 Å². The highest BCUT2D eigenvalue weighted by molar-refractivity contribution is 5.70. The van der Waals surface area contributed by atoms with Gasteiger partial charge in [-0.15, -0.1) is 0 Å². The monoisotopic (exact) mass is 315 g/mol. The third-order valence-corrected chi connectivity index (χ3v) is 3.80. The SMILES string of the molecule is O=[N+]([O-])c1ccc(/C=C/c2ccc(/C=C/C3C=CC=C3)cc2)cc1. The highest BCUT2D eigenvalue weighted by Gasteiger charge is 2.02. The van der Waals surface area contributed by atoms with Crippen LogP contribution in [0.5, 0.6) is 0 Å². The smallest absolute Gasteiger partial charge is 0.258 e. The fraction of sp³-hybridized carbons (Fsp3) is 0.0476. The Balaban J connectivity index is 1.63. The first kappa shape index (κ1) is 15.7. The Bertz CT molecular complexity index is 813. The topological polar surface area (TPSA) is 43.1 Å². The molecule has 118 valence electrons. The van der Waals surface area contributed by atoms with Gasteiger partial charge in [0.05, 0.1) is 4.92 Å². The summed E-state index contributed by atoms with van der Waals surface area (Å²) >= 11 is 0. The maximum absolute atomic E-state index is 10.6. The van der Waals surface area contributed by atoms with E-state index in [4.69, 9.17) is 0 Å². The molecule has 0 amide bonds. The minimum Gasteiger partial charge on any atom is -0.258 e. The van der Waals surface area contributed by atoms with Crippen molar-refractivity contribution < 1.29 is 4.92 Å². The van der Waals surface area contributed by atoms with Crippen molar-refractivity contribution in [3.05, 3.63) is 106 Å². The molecule has 1 aliphatic carbocycles. The summed E-state index contributed by atoms with van der Waals surface area (Å²) in [5.41, 5.74) is 3.29. The Kier molecular flexibility index (Phi) is 4.82. The van der Waals surface area contributed by atoms with Gasteiger partial charge in [0.25, 0.3) is 5.69 Å². The average Bonchev–Trinajstić information content (AvgIpc) is 3.13. The molecule has 0 aromatic heterocycles. The van der Waals surface area contributed by atoms with Crippen molar-refractivity contribution in [2.45, 2.75) is 0 Å². The molecule has 1 aliphatic rings. The van der Waals surface area contributed by atoms with Crippen molar-refractivity contribution >= 4 is 23.9 Å². The van der Waals surface area contributed by atoms with Crippen LogP contribution in [-0.2, 0) is 0 Å². The Morgan fingerprint density at radius 3 is 1.71 bits per heavy atom. The average molecular weight is 315 g/mol. The predicted octanol–water partition coefficient (Wildman–Crippen LogP) is 5.52. The standard InChI is InChI=1S/C21H17NO2/c23-22(24)21-15-13-20(14-16-21)12-11-19-9-7-18(8-10-19)6-5-17-3-1-2-4-17/h1-17H/b6-5+,12-11+. The molecule has 0 saturated carbocycles. The zero-order valence-corrected chi connectivity index (χ0v) is 13.1. The van der Waals surface area contributed by atoms with Gasteiger partial charge in [-0.25, -0.2) is 0 Å². The summed E-state index contributed by atoms with van der Waals surface area (Å²) in [7, 11) is 0. The number of hydrogen-bond acceptors (Lipinski definition) is 2. The number of nitrogens with zero attached hydrogens (tertiary/aromatic N) is 1. The molecule has 2 aromatic carbocycles. The molecule has 0 bridgehead atoms. The summed E-state index contributed by atoms with van der Waals surface area (Å²) in [6.45, 7) is 0. The van der Waals surface area contributed by atoms with Gasteiger partial charge in [0.15, 0.2) is 0 Å². The lowest BCUT2D eigenvalue weighted by molar-refractivity contribution is -0.384. The zero-order chi connectivity index (χ0) is 16.8. The van der Waals surface area contributed by atoms with E-state index in [1.165, 1.54) is 12.1 Å². The molecule has 0 heterocycles. The maximum atomic E-state index is 10.6. The van der Waals surface area contributed by atoms with E-state index < -0.39 is 4.92 Å². The van der Waals surface area contributed by atoms with Crippen LogP contribution < -0.4 is 0 Å². The summed E-state index contributed by atoms with van der Waals surface area (Å²) < 4.78 is 0. The van der Waals surface area contributed by atoms with Crippen LogP contribution in [0, 0.1) is 16.0 Å². The molecule has 3 heteroatoms. The second-order valence-corrected chi connectivity index (χ2v) is 5.55. The van der Waals surface area contributed by atoms with E-state index in [0.717, 1.165) is 16.7 Å².